The van der Waals surface area contributed by atoms with Crippen LogP contribution in [0.1, 0.15) is 35.4 Å². The Bertz CT molecular complexity index is 984. The van der Waals surface area contributed by atoms with E-state index in [4.69, 9.17) is 16.2 Å². The van der Waals surface area contributed by atoms with Crippen LogP contribution in [0.3, 0.4) is 0 Å². The highest BCUT2D eigenvalue weighted by Crippen LogP contribution is 2.29. The Morgan fingerprint density at radius 3 is 1.88 bits per heavy atom. The van der Waals surface area contributed by atoms with E-state index in [1.165, 1.54) is 0 Å². The minimum atomic E-state index is -0.766. The topological polar surface area (TPSA) is 98.7 Å². The molecule has 3 aromatic carbocycles. The number of benzene rings is 3. The number of methoxy groups -OCH3 is 1. The summed E-state index contributed by atoms with van der Waals surface area (Å²) in [6, 6.07) is 25.9. The molecule has 0 saturated carbocycles. The van der Waals surface area contributed by atoms with Crippen molar-refractivity contribution in [1.29, 1.82) is 0 Å². The standard InChI is InChI=1S/C27H31N3O3/c1-33-23-16-14-20(15-17-23)19-30(24(26(29)31)13-8-18-28)27(32)25(21-9-4-2-5-10-21)22-11-6-3-7-12-22/h2-7,9-12,14-17,24-25H,8,13,18-19,28H2,1H3,(H2,29,31)/t24-/m1/s1. The lowest BCUT2D eigenvalue weighted by Crippen LogP contribution is -2.49. The summed E-state index contributed by atoms with van der Waals surface area (Å²) in [4.78, 5) is 28.2. The lowest BCUT2D eigenvalue weighted by atomic mass is 9.89. The van der Waals surface area contributed by atoms with Gasteiger partial charge in [0.25, 0.3) is 0 Å². The Morgan fingerprint density at radius 2 is 1.42 bits per heavy atom. The van der Waals surface area contributed by atoms with Gasteiger partial charge in [0.1, 0.15) is 11.8 Å². The van der Waals surface area contributed by atoms with Crippen LogP contribution in [0.5, 0.6) is 5.75 Å². The zero-order valence-electron chi connectivity index (χ0n) is 18.9. The molecule has 0 spiro atoms. The SMILES string of the molecule is COc1ccc(CN(C(=O)C(c2ccccc2)c2ccccc2)[C@H](CCCN)C(N)=O)cc1. The number of primary amides is 1. The normalized spacial score (nSPS) is 11.7. The van der Waals surface area contributed by atoms with E-state index in [0.29, 0.717) is 19.4 Å². The molecule has 0 heterocycles. The van der Waals surface area contributed by atoms with Crippen molar-refractivity contribution in [3.8, 4) is 5.75 Å². The van der Waals surface area contributed by atoms with E-state index in [1.54, 1.807) is 12.0 Å². The number of ether oxygens (including phenoxy) is 1. The molecule has 0 aromatic heterocycles. The average molecular weight is 446 g/mol. The maximum atomic E-state index is 14.1. The fraction of sp³-hybridized carbons (Fsp3) is 0.259. The van der Waals surface area contributed by atoms with E-state index in [9.17, 15) is 9.59 Å². The number of nitrogens with two attached hydrogens (primary N) is 2. The Hall–Kier alpha value is -3.64. The second-order valence-corrected chi connectivity index (χ2v) is 7.92. The number of amides is 2. The quantitative estimate of drug-likeness (QED) is 0.472. The van der Waals surface area contributed by atoms with Crippen LogP contribution in [0.4, 0.5) is 0 Å². The Kier molecular flexibility index (Phi) is 8.61. The molecule has 0 radical (unpaired) electrons. The molecule has 33 heavy (non-hydrogen) atoms. The Labute approximate surface area is 195 Å². The number of carbonyl (C=O) groups is 2. The van der Waals surface area contributed by atoms with Crippen LogP contribution in [-0.2, 0) is 16.1 Å². The van der Waals surface area contributed by atoms with Crippen LogP contribution in [0, 0.1) is 0 Å². The first kappa shape index (κ1) is 24.0. The lowest BCUT2D eigenvalue weighted by Gasteiger charge is -2.33. The van der Waals surface area contributed by atoms with Gasteiger partial charge in [0.2, 0.25) is 11.8 Å². The van der Waals surface area contributed by atoms with Gasteiger partial charge in [0, 0.05) is 6.54 Å². The second kappa shape index (κ2) is 11.8. The van der Waals surface area contributed by atoms with Crippen LogP contribution in [0.2, 0.25) is 0 Å². The van der Waals surface area contributed by atoms with Crippen molar-refractivity contribution in [1.82, 2.24) is 4.90 Å². The van der Waals surface area contributed by atoms with Crippen molar-refractivity contribution in [3.05, 3.63) is 102 Å². The summed E-state index contributed by atoms with van der Waals surface area (Å²) in [6.07, 6.45) is 0.991. The molecule has 4 N–H and O–H groups in total. The van der Waals surface area contributed by atoms with Crippen molar-refractivity contribution in [2.45, 2.75) is 31.3 Å². The molecule has 0 fully saturated rings. The van der Waals surface area contributed by atoms with Gasteiger partial charge in [-0.3, -0.25) is 9.59 Å². The molecule has 2 amide bonds. The largest absolute Gasteiger partial charge is 0.497 e. The van der Waals surface area contributed by atoms with Gasteiger partial charge in [-0.15, -0.1) is 0 Å². The molecule has 6 heteroatoms. The fourth-order valence-electron chi connectivity index (χ4n) is 3.97. The summed E-state index contributed by atoms with van der Waals surface area (Å²) in [5.74, 6) is -0.558. The molecule has 3 rings (SSSR count). The van der Waals surface area contributed by atoms with Crippen molar-refractivity contribution in [2.75, 3.05) is 13.7 Å². The fourth-order valence-corrected chi connectivity index (χ4v) is 3.97. The lowest BCUT2D eigenvalue weighted by molar-refractivity contribution is -0.141. The van der Waals surface area contributed by atoms with Gasteiger partial charge < -0.3 is 21.1 Å². The van der Waals surface area contributed by atoms with Crippen molar-refractivity contribution in [2.24, 2.45) is 11.5 Å². The highest BCUT2D eigenvalue weighted by Gasteiger charge is 2.34. The maximum Gasteiger partial charge on any atom is 0.240 e. The summed E-state index contributed by atoms with van der Waals surface area (Å²) in [5.41, 5.74) is 14.1. The summed E-state index contributed by atoms with van der Waals surface area (Å²) >= 11 is 0. The first-order chi connectivity index (χ1) is 16.0. The molecule has 3 aromatic rings. The number of hydrogen-bond acceptors (Lipinski definition) is 4. The van der Waals surface area contributed by atoms with Crippen molar-refractivity contribution >= 4 is 11.8 Å². The summed E-state index contributed by atoms with van der Waals surface area (Å²) < 4.78 is 5.25. The third kappa shape index (κ3) is 6.20. The molecule has 0 aliphatic carbocycles. The van der Waals surface area contributed by atoms with E-state index in [0.717, 1.165) is 22.4 Å². The van der Waals surface area contributed by atoms with Crippen LogP contribution in [0.25, 0.3) is 0 Å². The molecular weight excluding hydrogens is 414 g/mol. The third-order valence-electron chi connectivity index (χ3n) is 5.69. The molecular formula is C27H31N3O3. The van der Waals surface area contributed by atoms with Gasteiger partial charge in [-0.05, 0) is 48.2 Å². The zero-order valence-corrected chi connectivity index (χ0v) is 18.9. The smallest absolute Gasteiger partial charge is 0.240 e. The Balaban J connectivity index is 2.04. The molecule has 0 bridgehead atoms. The zero-order chi connectivity index (χ0) is 23.6. The minimum absolute atomic E-state index is 0.177. The monoisotopic (exact) mass is 445 g/mol. The Morgan fingerprint density at radius 1 is 0.879 bits per heavy atom. The molecule has 172 valence electrons. The second-order valence-electron chi connectivity index (χ2n) is 7.92. The van der Waals surface area contributed by atoms with Gasteiger partial charge in [0.15, 0.2) is 0 Å². The summed E-state index contributed by atoms with van der Waals surface area (Å²) in [5, 5.41) is 0. The highest BCUT2D eigenvalue weighted by molar-refractivity contribution is 5.92. The van der Waals surface area contributed by atoms with Crippen LogP contribution >= 0.6 is 0 Å². The molecule has 1 atom stereocenters. The molecule has 0 saturated heterocycles. The summed E-state index contributed by atoms with van der Waals surface area (Å²) in [7, 11) is 1.60. The summed E-state index contributed by atoms with van der Waals surface area (Å²) in [6.45, 7) is 0.659. The third-order valence-corrected chi connectivity index (χ3v) is 5.69. The van der Waals surface area contributed by atoms with E-state index < -0.39 is 17.9 Å². The number of hydrogen-bond donors (Lipinski definition) is 2. The number of rotatable bonds is 11. The average Bonchev–Trinajstić information content (AvgIpc) is 2.85. The van der Waals surface area contributed by atoms with Crippen molar-refractivity contribution < 1.29 is 14.3 Å². The minimum Gasteiger partial charge on any atom is -0.497 e. The van der Waals surface area contributed by atoms with E-state index in [1.807, 2.05) is 84.9 Å². The van der Waals surface area contributed by atoms with E-state index in [2.05, 4.69) is 0 Å². The molecule has 0 aliphatic rings. The maximum absolute atomic E-state index is 14.1. The van der Waals surface area contributed by atoms with Crippen LogP contribution in [0.15, 0.2) is 84.9 Å². The number of nitrogens with zero attached hydrogens (tertiary/aromatic N) is 1. The predicted octanol–water partition coefficient (Wildman–Crippen LogP) is 3.45. The van der Waals surface area contributed by atoms with Gasteiger partial charge in [-0.25, -0.2) is 0 Å². The van der Waals surface area contributed by atoms with Gasteiger partial charge in [-0.2, -0.15) is 0 Å². The van der Waals surface area contributed by atoms with Crippen LogP contribution in [-0.4, -0.2) is 36.4 Å². The van der Waals surface area contributed by atoms with E-state index in [-0.39, 0.29) is 12.5 Å². The van der Waals surface area contributed by atoms with Gasteiger partial charge in [0.05, 0.1) is 13.0 Å². The first-order valence-corrected chi connectivity index (χ1v) is 11.1. The predicted molar refractivity (Wildman–Crippen MR) is 130 cm³/mol. The highest BCUT2D eigenvalue weighted by atomic mass is 16.5. The number of carbonyl (C=O) groups excluding carboxylic acids is 2. The first-order valence-electron chi connectivity index (χ1n) is 11.1. The van der Waals surface area contributed by atoms with Gasteiger partial charge in [-0.1, -0.05) is 72.8 Å². The van der Waals surface area contributed by atoms with Crippen molar-refractivity contribution in [3.63, 3.8) is 0 Å². The van der Waals surface area contributed by atoms with E-state index >= 15 is 0 Å². The molecule has 0 unspecified atom stereocenters. The van der Waals surface area contributed by atoms with Crippen LogP contribution < -0.4 is 16.2 Å². The van der Waals surface area contributed by atoms with Gasteiger partial charge >= 0.3 is 0 Å². The molecule has 6 nitrogen and oxygen atoms in total. The molecule has 0 aliphatic heterocycles.